The van der Waals surface area contributed by atoms with Crippen molar-refractivity contribution in [2.45, 2.75) is 224 Å². The van der Waals surface area contributed by atoms with E-state index in [0.717, 1.165) is 58.9 Å². The van der Waals surface area contributed by atoms with Crippen LogP contribution in [0.4, 0.5) is 13.2 Å². The molecule has 2 saturated carbocycles. The number of nitrogens with one attached hydrogen (secondary N) is 4. The molecule has 0 aromatic heterocycles. The molecule has 2 saturated heterocycles. The number of nitrogens with zero attached hydrogens (tertiary/aromatic N) is 7. The predicted octanol–water partition coefficient (Wildman–Crippen LogP) is 5.94. The number of aryl methyl sites for hydroxylation is 1. The number of hydrogen-bond donors (Lipinski definition) is 4. The van der Waals surface area contributed by atoms with Gasteiger partial charge in [0.2, 0.25) is 65.0 Å². The zero-order chi connectivity index (χ0) is 68.7. The summed E-state index contributed by atoms with van der Waals surface area (Å²) in [6.07, 6.45) is 2.84. The minimum absolute atomic E-state index is 0.0336. The summed E-state index contributed by atoms with van der Waals surface area (Å²) in [6.45, 7) is 11.4. The highest BCUT2D eigenvalue weighted by molar-refractivity contribution is 6.31. The molecule has 2 aliphatic carbocycles. The van der Waals surface area contributed by atoms with Crippen LogP contribution in [0.25, 0.3) is 0 Å². The van der Waals surface area contributed by atoms with E-state index in [1.165, 1.54) is 68.0 Å². The first kappa shape index (κ1) is 76.2. The first-order chi connectivity index (χ1) is 43.1. The fourth-order valence-electron chi connectivity index (χ4n) is 13.1. The van der Waals surface area contributed by atoms with Gasteiger partial charge in [-0.1, -0.05) is 111 Å². The molecule has 4 fully saturated rings. The maximum Gasteiger partial charge on any atom is 0.417 e. The van der Waals surface area contributed by atoms with Crippen LogP contribution in [0.2, 0.25) is 5.02 Å². The van der Waals surface area contributed by atoms with Crippen LogP contribution >= 0.6 is 11.6 Å². The molecule has 0 unspecified atom stereocenters. The highest BCUT2D eigenvalue weighted by Gasteiger charge is 2.49. The van der Waals surface area contributed by atoms with Crippen molar-refractivity contribution in [1.82, 2.24) is 55.6 Å². The molecule has 4 N–H and O–H groups in total. The Balaban J connectivity index is 1.56. The molecule has 1 spiro atoms. The van der Waals surface area contributed by atoms with Gasteiger partial charge in [-0.3, -0.25) is 52.7 Å². The van der Waals surface area contributed by atoms with Crippen LogP contribution in [0.1, 0.15) is 175 Å². The molecule has 11 amide bonds. The summed E-state index contributed by atoms with van der Waals surface area (Å²) < 4.78 is 41.4. The summed E-state index contributed by atoms with van der Waals surface area (Å²) in [5.41, 5.74) is -2.24. The Morgan fingerprint density at radius 1 is 0.630 bits per heavy atom. The van der Waals surface area contributed by atoms with Crippen LogP contribution in [-0.4, -0.2) is 216 Å². The van der Waals surface area contributed by atoms with Gasteiger partial charge in [0.1, 0.15) is 41.8 Å². The number of benzene rings is 1. The monoisotopic (exact) mass is 1320 g/mol. The third-order valence-corrected chi connectivity index (χ3v) is 19.4. The number of carbonyl (C=O) groups excluding carboxylic acids is 11. The summed E-state index contributed by atoms with van der Waals surface area (Å²) in [4.78, 5) is 169. The fourth-order valence-corrected chi connectivity index (χ4v) is 13.4. The number of likely N-dealkylation sites (N-methyl/N-ethyl adjacent to an activating group) is 6. The minimum atomic E-state index is -4.74. The summed E-state index contributed by atoms with van der Waals surface area (Å²) in [5, 5.41) is 11.0. The Kier molecular flexibility index (Phi) is 28.2. The van der Waals surface area contributed by atoms with Crippen LogP contribution in [0, 0.1) is 23.7 Å². The van der Waals surface area contributed by atoms with Gasteiger partial charge >= 0.3 is 6.18 Å². The standard InChI is InChI=1S/C66H103ClF3N11O11/c1-14-42(6)57-63(91)77(10)38-55(84)75(8)39-56(85)79(12)52(36-44-21-16-15-17-22-44)62(90)76(9)37-53(82)72-48(28-26-45-25-27-46(47(67)35-45)66(68,69)70)61(89)81-32-20-23-50(81)60(88)74-65(30-18-19-31-65)64(92)80(13)49(29-24-40(2)3)58(86)71-43(7)34-54(83)78(11)51(33-41(4)5)59(87)73-57/h25,27,35,40-44,48-52,57H,14-24,26,28-34,36-39H2,1-13H3,(H,71,86)(H,72,82)(H,73,87)(H,74,88)/t42-,43+,48-,49-,50-,51-,52-,57-/m0/s1. The van der Waals surface area contributed by atoms with E-state index in [1.807, 2.05) is 34.6 Å². The molecular weight excluding hydrogens is 1220 g/mol. The maximum absolute atomic E-state index is 15.1. The minimum Gasteiger partial charge on any atom is -0.351 e. The molecule has 22 nitrogen and oxygen atoms in total. The first-order valence-corrected chi connectivity index (χ1v) is 33.4. The van der Waals surface area contributed by atoms with Gasteiger partial charge in [-0.2, -0.15) is 13.2 Å². The van der Waals surface area contributed by atoms with E-state index >= 15 is 9.59 Å². The van der Waals surface area contributed by atoms with Crippen LogP contribution in [0.3, 0.4) is 0 Å². The molecule has 0 bridgehead atoms. The predicted molar refractivity (Wildman–Crippen MR) is 342 cm³/mol. The second-order valence-electron chi connectivity index (χ2n) is 27.4. The average Bonchev–Trinajstić information content (AvgIpc) is 1.55. The lowest BCUT2D eigenvalue weighted by atomic mass is 9.84. The lowest BCUT2D eigenvalue weighted by Gasteiger charge is -2.38. The topological polar surface area (TPSA) is 259 Å². The fraction of sp³-hybridized carbons (Fsp3) is 0.742. The third kappa shape index (κ3) is 20.5. The van der Waals surface area contributed by atoms with Crippen molar-refractivity contribution in [3.8, 4) is 0 Å². The molecule has 516 valence electrons. The maximum atomic E-state index is 15.1. The second kappa shape index (κ2) is 34.0. The normalized spacial score (nSPS) is 26.0. The Morgan fingerprint density at radius 3 is 1.84 bits per heavy atom. The zero-order valence-electron chi connectivity index (χ0n) is 56.5. The van der Waals surface area contributed by atoms with Crippen LogP contribution in [0.15, 0.2) is 18.2 Å². The van der Waals surface area contributed by atoms with Crippen molar-refractivity contribution in [2.75, 3.05) is 68.5 Å². The number of hydrogen-bond acceptors (Lipinski definition) is 11. The summed E-state index contributed by atoms with van der Waals surface area (Å²) >= 11 is 6.12. The van der Waals surface area contributed by atoms with E-state index in [9.17, 15) is 56.3 Å². The molecule has 92 heavy (non-hydrogen) atoms. The lowest BCUT2D eigenvalue weighted by molar-refractivity contribution is -0.149. The van der Waals surface area contributed by atoms with Gasteiger partial charge in [0.25, 0.3) is 0 Å². The van der Waals surface area contributed by atoms with Gasteiger partial charge < -0.3 is 55.6 Å². The smallest absolute Gasteiger partial charge is 0.351 e. The van der Waals surface area contributed by atoms with Crippen LogP contribution in [0.5, 0.6) is 0 Å². The van der Waals surface area contributed by atoms with Gasteiger partial charge in [-0.25, -0.2) is 0 Å². The summed E-state index contributed by atoms with van der Waals surface area (Å²) in [6, 6.07) is -4.54. The van der Waals surface area contributed by atoms with Crippen molar-refractivity contribution >= 4 is 76.6 Å². The summed E-state index contributed by atoms with van der Waals surface area (Å²) in [5.74, 6) is -7.14. The number of amides is 11. The van der Waals surface area contributed by atoms with E-state index in [2.05, 4.69) is 21.3 Å². The number of alkyl halides is 3. The molecule has 4 aliphatic rings. The highest BCUT2D eigenvalue weighted by atomic mass is 35.5. The molecule has 1 aromatic carbocycles. The van der Waals surface area contributed by atoms with E-state index in [1.54, 1.807) is 13.8 Å². The Labute approximate surface area is 546 Å². The largest absolute Gasteiger partial charge is 0.417 e. The van der Waals surface area contributed by atoms with Crippen molar-refractivity contribution in [2.24, 2.45) is 23.7 Å². The van der Waals surface area contributed by atoms with Crippen molar-refractivity contribution in [1.29, 1.82) is 0 Å². The van der Waals surface area contributed by atoms with Gasteiger partial charge in [0.15, 0.2) is 0 Å². The molecule has 8 atom stereocenters. The number of fused-ring (bicyclic) bond motifs is 1. The number of carbonyl (C=O) groups is 11. The van der Waals surface area contributed by atoms with E-state index < -0.39 is 155 Å². The van der Waals surface area contributed by atoms with Crippen molar-refractivity contribution in [3.63, 3.8) is 0 Å². The molecule has 2 heterocycles. The van der Waals surface area contributed by atoms with E-state index in [-0.39, 0.29) is 82.1 Å². The van der Waals surface area contributed by atoms with Gasteiger partial charge in [0.05, 0.1) is 30.2 Å². The van der Waals surface area contributed by atoms with E-state index in [4.69, 9.17) is 11.6 Å². The molecule has 2 aliphatic heterocycles. The quantitative estimate of drug-likeness (QED) is 0.190. The molecule has 1 aromatic rings. The molecule has 5 rings (SSSR count). The molecular formula is C66H103ClF3N11O11. The Hall–Kier alpha value is -6.53. The van der Waals surface area contributed by atoms with Gasteiger partial charge in [0, 0.05) is 61.3 Å². The zero-order valence-corrected chi connectivity index (χ0v) is 57.2. The third-order valence-electron chi connectivity index (χ3n) is 19.1. The number of rotatable bonds is 12. The van der Waals surface area contributed by atoms with E-state index in [0.29, 0.717) is 37.7 Å². The Bertz CT molecular complexity index is 2800. The Morgan fingerprint density at radius 2 is 1.24 bits per heavy atom. The van der Waals surface area contributed by atoms with Gasteiger partial charge in [-0.05, 0) is 112 Å². The highest BCUT2D eigenvalue weighted by Crippen LogP contribution is 2.37. The molecule has 26 heteroatoms. The first-order valence-electron chi connectivity index (χ1n) is 33.0. The second-order valence-corrected chi connectivity index (χ2v) is 27.8. The van der Waals surface area contributed by atoms with Gasteiger partial charge in [-0.15, -0.1) is 0 Å². The lowest BCUT2D eigenvalue weighted by Crippen LogP contribution is -2.64. The van der Waals surface area contributed by atoms with Crippen LogP contribution < -0.4 is 21.3 Å². The van der Waals surface area contributed by atoms with Crippen LogP contribution in [-0.2, 0) is 65.3 Å². The van der Waals surface area contributed by atoms with Crippen molar-refractivity contribution in [3.05, 3.63) is 34.3 Å². The van der Waals surface area contributed by atoms with Crippen molar-refractivity contribution < 1.29 is 65.9 Å². The SMILES string of the molecule is CC[C@H](C)[C@@H]1NC(=O)[C@H](CC(C)C)N(C)C(=O)C[C@@H](C)NC(=O)[C@H](CCC(C)C)N(C)C(=O)C2(CCCC2)NC(=O)[C@@H]2CCCN2C(=O)[C@H](CCc2ccc(C(F)(F)F)c(Cl)c2)NC(=O)CN(C)C(=O)[C@H](CC2CCCCC2)N(C)C(=O)CN(C)C(=O)CN(C)C1=O. The molecule has 0 radical (unpaired) electrons. The summed E-state index contributed by atoms with van der Waals surface area (Å²) in [7, 11) is 8.60. The number of halogens is 4. The average molecular weight is 1320 g/mol.